The minimum absolute atomic E-state index is 0.190. The molecular formula is C16H22N2O3. The summed E-state index contributed by atoms with van der Waals surface area (Å²) in [5, 5.41) is 3.25. The molecule has 0 saturated carbocycles. The van der Waals surface area contributed by atoms with Crippen molar-refractivity contribution in [2.75, 3.05) is 31.1 Å². The molecule has 0 unspecified atom stereocenters. The molecular weight excluding hydrogens is 268 g/mol. The molecule has 1 aromatic carbocycles. The fourth-order valence-electron chi connectivity index (χ4n) is 2.55. The van der Waals surface area contributed by atoms with Crippen molar-refractivity contribution in [3.8, 4) is 0 Å². The maximum absolute atomic E-state index is 11.3. The fourth-order valence-corrected chi connectivity index (χ4v) is 2.55. The summed E-state index contributed by atoms with van der Waals surface area (Å²) < 4.78 is 4.90. The molecule has 1 aromatic rings. The van der Waals surface area contributed by atoms with E-state index in [-0.39, 0.29) is 12.5 Å². The average Bonchev–Trinajstić information content (AvgIpc) is 2.54. The molecule has 5 heteroatoms. The third-order valence-electron chi connectivity index (χ3n) is 3.73. The van der Waals surface area contributed by atoms with Crippen molar-refractivity contribution in [3.05, 3.63) is 29.8 Å². The van der Waals surface area contributed by atoms with E-state index in [0.717, 1.165) is 37.9 Å². The molecule has 1 saturated heterocycles. The maximum Gasteiger partial charge on any atom is 0.319 e. The summed E-state index contributed by atoms with van der Waals surface area (Å²) in [6.07, 6.45) is 2.85. The minimum atomic E-state index is -0.190. The van der Waals surface area contributed by atoms with Gasteiger partial charge >= 0.3 is 5.97 Å². The number of nitrogens with one attached hydrogen (secondary N) is 1. The summed E-state index contributed by atoms with van der Waals surface area (Å²) >= 11 is 0. The minimum Gasteiger partial charge on any atom is -0.465 e. The Morgan fingerprint density at radius 3 is 2.57 bits per heavy atom. The van der Waals surface area contributed by atoms with E-state index in [1.54, 1.807) is 0 Å². The van der Waals surface area contributed by atoms with Crippen LogP contribution in [0, 0.1) is 0 Å². The van der Waals surface area contributed by atoms with Crippen LogP contribution in [0.15, 0.2) is 24.3 Å². The highest BCUT2D eigenvalue weighted by molar-refractivity contribution is 5.75. The third-order valence-corrected chi connectivity index (χ3v) is 3.73. The van der Waals surface area contributed by atoms with Crippen LogP contribution >= 0.6 is 0 Å². The highest BCUT2D eigenvalue weighted by Crippen LogP contribution is 2.20. The van der Waals surface area contributed by atoms with Gasteiger partial charge in [-0.25, -0.2) is 0 Å². The predicted octanol–water partition coefficient (Wildman–Crippen LogP) is 1.62. The number of hydrogen-bond donors (Lipinski definition) is 1. The Balaban J connectivity index is 1.77. The van der Waals surface area contributed by atoms with Crippen molar-refractivity contribution < 1.29 is 14.3 Å². The Morgan fingerprint density at radius 2 is 2.00 bits per heavy atom. The number of anilines is 1. The van der Waals surface area contributed by atoms with Gasteiger partial charge in [-0.1, -0.05) is 0 Å². The first-order chi connectivity index (χ1) is 10.2. The third kappa shape index (κ3) is 4.56. The maximum atomic E-state index is 11.3. The zero-order valence-electron chi connectivity index (χ0n) is 12.4. The Bertz CT molecular complexity index is 465. The topological polar surface area (TPSA) is 58.6 Å². The molecule has 0 atom stereocenters. The van der Waals surface area contributed by atoms with E-state index >= 15 is 0 Å². The van der Waals surface area contributed by atoms with Gasteiger partial charge in [0.1, 0.15) is 6.29 Å². The van der Waals surface area contributed by atoms with Crippen LogP contribution in [-0.2, 0) is 9.53 Å². The monoisotopic (exact) mass is 290 g/mol. The summed E-state index contributed by atoms with van der Waals surface area (Å²) in [7, 11) is 0. The van der Waals surface area contributed by atoms with Crippen molar-refractivity contribution in [1.29, 1.82) is 0 Å². The fraction of sp³-hybridized carbons (Fsp3) is 0.500. The first kappa shape index (κ1) is 15.5. The molecule has 2 rings (SSSR count). The van der Waals surface area contributed by atoms with Crippen LogP contribution in [-0.4, -0.2) is 44.5 Å². The lowest BCUT2D eigenvalue weighted by Gasteiger charge is -2.34. The normalized spacial score (nSPS) is 15.8. The zero-order valence-corrected chi connectivity index (χ0v) is 12.4. The Morgan fingerprint density at radius 1 is 1.33 bits per heavy atom. The molecule has 0 aliphatic carbocycles. The second-order valence-electron chi connectivity index (χ2n) is 5.16. The SMILES string of the molecule is CCOC(=O)CNC1CCN(c2ccc(C=O)cc2)CC1. The number of esters is 1. The van der Waals surface area contributed by atoms with Crippen LogP contribution in [0.2, 0.25) is 0 Å². The van der Waals surface area contributed by atoms with Gasteiger partial charge < -0.3 is 15.0 Å². The second kappa shape index (κ2) is 7.78. The molecule has 0 spiro atoms. The number of carbonyl (C=O) groups excluding carboxylic acids is 2. The number of carbonyl (C=O) groups is 2. The van der Waals surface area contributed by atoms with Gasteiger partial charge in [0.05, 0.1) is 13.2 Å². The van der Waals surface area contributed by atoms with Gasteiger partial charge in [0.25, 0.3) is 0 Å². The summed E-state index contributed by atoms with van der Waals surface area (Å²) in [6.45, 7) is 4.41. The molecule has 0 radical (unpaired) electrons. The summed E-state index contributed by atoms with van der Waals surface area (Å²) in [5.41, 5.74) is 1.84. The lowest BCUT2D eigenvalue weighted by Crippen LogP contribution is -2.44. The molecule has 1 N–H and O–H groups in total. The second-order valence-corrected chi connectivity index (χ2v) is 5.16. The number of nitrogens with zero attached hydrogens (tertiary/aromatic N) is 1. The van der Waals surface area contributed by atoms with Gasteiger partial charge in [-0.2, -0.15) is 0 Å². The molecule has 0 amide bonds. The Labute approximate surface area is 125 Å². The lowest BCUT2D eigenvalue weighted by molar-refractivity contribution is -0.142. The molecule has 5 nitrogen and oxygen atoms in total. The Kier molecular flexibility index (Phi) is 5.75. The number of ether oxygens (including phenoxy) is 1. The van der Waals surface area contributed by atoms with Crippen molar-refractivity contribution in [2.45, 2.75) is 25.8 Å². The highest BCUT2D eigenvalue weighted by atomic mass is 16.5. The van der Waals surface area contributed by atoms with Crippen LogP contribution in [0.4, 0.5) is 5.69 Å². The molecule has 0 aromatic heterocycles. The van der Waals surface area contributed by atoms with E-state index in [2.05, 4.69) is 10.2 Å². The molecule has 114 valence electrons. The molecule has 1 fully saturated rings. The molecule has 21 heavy (non-hydrogen) atoms. The van der Waals surface area contributed by atoms with Crippen LogP contribution in [0.25, 0.3) is 0 Å². The molecule has 1 aliphatic rings. The summed E-state index contributed by atoms with van der Waals surface area (Å²) in [5.74, 6) is -0.190. The smallest absolute Gasteiger partial charge is 0.319 e. The van der Waals surface area contributed by atoms with Crippen molar-refractivity contribution in [2.24, 2.45) is 0 Å². The van der Waals surface area contributed by atoms with Gasteiger partial charge in [-0.15, -0.1) is 0 Å². The van der Waals surface area contributed by atoms with Crippen molar-refractivity contribution in [1.82, 2.24) is 5.32 Å². The van der Waals surface area contributed by atoms with Crippen LogP contribution < -0.4 is 10.2 Å². The first-order valence-electron chi connectivity index (χ1n) is 7.42. The Hall–Kier alpha value is -1.88. The standard InChI is InChI=1S/C16H22N2O3/c1-2-21-16(20)11-17-14-7-9-18(10-8-14)15-5-3-13(12-19)4-6-15/h3-6,12,14,17H,2,7-11H2,1H3. The molecule has 0 bridgehead atoms. The van der Waals surface area contributed by atoms with E-state index < -0.39 is 0 Å². The van der Waals surface area contributed by atoms with E-state index in [4.69, 9.17) is 4.74 Å². The molecule has 1 aliphatic heterocycles. The predicted molar refractivity (Wildman–Crippen MR) is 81.7 cm³/mol. The average molecular weight is 290 g/mol. The van der Waals surface area contributed by atoms with Crippen LogP contribution in [0.1, 0.15) is 30.1 Å². The number of benzene rings is 1. The van der Waals surface area contributed by atoms with Gasteiger partial charge in [0.2, 0.25) is 0 Å². The van der Waals surface area contributed by atoms with E-state index in [1.807, 2.05) is 31.2 Å². The lowest BCUT2D eigenvalue weighted by atomic mass is 10.0. The number of aldehydes is 1. The van der Waals surface area contributed by atoms with Crippen LogP contribution in [0.3, 0.4) is 0 Å². The van der Waals surface area contributed by atoms with E-state index in [1.165, 1.54) is 0 Å². The number of hydrogen-bond acceptors (Lipinski definition) is 5. The largest absolute Gasteiger partial charge is 0.465 e. The van der Waals surface area contributed by atoms with Crippen molar-refractivity contribution in [3.63, 3.8) is 0 Å². The summed E-state index contributed by atoms with van der Waals surface area (Å²) in [4.78, 5) is 24.3. The van der Waals surface area contributed by atoms with Crippen molar-refractivity contribution >= 4 is 17.9 Å². The number of piperidine rings is 1. The summed E-state index contributed by atoms with van der Waals surface area (Å²) in [6, 6.07) is 8.01. The zero-order chi connectivity index (χ0) is 15.1. The molecule has 1 heterocycles. The first-order valence-corrected chi connectivity index (χ1v) is 7.42. The quantitative estimate of drug-likeness (QED) is 0.637. The number of rotatable bonds is 6. The highest BCUT2D eigenvalue weighted by Gasteiger charge is 2.19. The van der Waals surface area contributed by atoms with Gasteiger partial charge in [0, 0.05) is 30.4 Å². The van der Waals surface area contributed by atoms with Gasteiger partial charge in [-0.3, -0.25) is 9.59 Å². The van der Waals surface area contributed by atoms with Gasteiger partial charge in [0.15, 0.2) is 0 Å². The van der Waals surface area contributed by atoms with E-state index in [0.29, 0.717) is 18.2 Å². The van der Waals surface area contributed by atoms with E-state index in [9.17, 15) is 9.59 Å². The van der Waals surface area contributed by atoms with Crippen LogP contribution in [0.5, 0.6) is 0 Å². The van der Waals surface area contributed by atoms with Gasteiger partial charge in [-0.05, 0) is 44.0 Å².